The number of rotatable bonds is 4. The summed E-state index contributed by atoms with van der Waals surface area (Å²) in [7, 11) is -3.51. The first kappa shape index (κ1) is 18.5. The number of hydrogen-bond donors (Lipinski definition) is 2. The normalized spacial score (nSPS) is 22.3. The summed E-state index contributed by atoms with van der Waals surface area (Å²) in [6.45, 7) is 0.0301. The van der Waals surface area contributed by atoms with Gasteiger partial charge >= 0.3 is 12.1 Å². The number of carboxylic acid groups (broad SMARTS) is 1. The fourth-order valence-corrected chi connectivity index (χ4v) is 5.89. The van der Waals surface area contributed by atoms with Gasteiger partial charge in [-0.2, -0.15) is 0 Å². The molecule has 146 valence electrons. The second-order valence-electron chi connectivity index (χ2n) is 7.18. The highest BCUT2D eigenvalue weighted by molar-refractivity contribution is 7.91. The van der Waals surface area contributed by atoms with E-state index in [4.69, 9.17) is 4.74 Å². The molecule has 2 aromatic rings. The van der Waals surface area contributed by atoms with E-state index in [9.17, 15) is 23.1 Å². The fraction of sp³-hybridized carbons (Fsp3) is 0.300. The molecule has 0 unspecified atom stereocenters. The third-order valence-electron chi connectivity index (χ3n) is 5.40. The van der Waals surface area contributed by atoms with Crippen molar-refractivity contribution in [3.8, 4) is 11.1 Å². The number of aliphatic carboxylic acids is 1. The predicted octanol–water partition coefficient (Wildman–Crippen LogP) is 2.17. The van der Waals surface area contributed by atoms with Gasteiger partial charge in [0.15, 0.2) is 15.4 Å². The average Bonchev–Trinajstić information content (AvgIpc) is 3.15. The Bertz CT molecular complexity index is 1020. The summed E-state index contributed by atoms with van der Waals surface area (Å²) >= 11 is 0. The molecule has 0 bridgehead atoms. The number of nitrogens with one attached hydrogen (secondary N) is 1. The number of carbonyl (C=O) groups excluding carboxylic acids is 1. The minimum atomic E-state index is -3.51. The van der Waals surface area contributed by atoms with E-state index >= 15 is 0 Å². The SMILES string of the molecule is O=C(N[C@]1(C(=O)O)CCS(=O)(=O)C1)OCC1c2ccccc2-c2ccccc21. The van der Waals surface area contributed by atoms with E-state index in [2.05, 4.69) is 5.32 Å². The van der Waals surface area contributed by atoms with Crippen LogP contribution in [0.15, 0.2) is 48.5 Å². The van der Waals surface area contributed by atoms with Crippen LogP contribution in [0.2, 0.25) is 0 Å². The Morgan fingerprint density at radius 1 is 1.07 bits per heavy atom. The Labute approximate surface area is 162 Å². The van der Waals surface area contributed by atoms with Crippen LogP contribution in [-0.4, -0.2) is 49.2 Å². The third kappa shape index (κ3) is 3.13. The van der Waals surface area contributed by atoms with Crippen LogP contribution in [0.5, 0.6) is 0 Å². The molecule has 4 rings (SSSR count). The van der Waals surface area contributed by atoms with E-state index in [1.54, 1.807) is 0 Å². The highest BCUT2D eigenvalue weighted by Crippen LogP contribution is 2.44. The topological polar surface area (TPSA) is 110 Å². The van der Waals surface area contributed by atoms with Gasteiger partial charge in [0.2, 0.25) is 0 Å². The van der Waals surface area contributed by atoms with Crippen molar-refractivity contribution >= 4 is 21.9 Å². The standard InChI is InChI=1S/C20H19NO6S/c22-18(23)20(9-10-28(25,26)12-20)21-19(24)27-11-17-15-7-3-1-5-13(15)14-6-2-4-8-16(14)17/h1-8,17H,9-12H2,(H,21,24)(H,22,23)/t20-/m1/s1. The Balaban J connectivity index is 1.51. The molecule has 28 heavy (non-hydrogen) atoms. The Morgan fingerprint density at radius 2 is 1.64 bits per heavy atom. The minimum absolute atomic E-state index is 0.0301. The van der Waals surface area contributed by atoms with Gasteiger partial charge in [0, 0.05) is 5.92 Å². The van der Waals surface area contributed by atoms with E-state index in [0.29, 0.717) is 0 Å². The Hall–Kier alpha value is -2.87. The maximum Gasteiger partial charge on any atom is 0.408 e. The first-order chi connectivity index (χ1) is 13.3. The highest BCUT2D eigenvalue weighted by Gasteiger charge is 2.50. The van der Waals surface area contributed by atoms with E-state index in [0.717, 1.165) is 22.3 Å². The van der Waals surface area contributed by atoms with Gasteiger partial charge in [0.1, 0.15) is 6.61 Å². The zero-order valence-electron chi connectivity index (χ0n) is 14.9. The quantitative estimate of drug-likeness (QED) is 0.813. The van der Waals surface area contributed by atoms with Gasteiger partial charge in [-0.3, -0.25) is 0 Å². The second-order valence-corrected chi connectivity index (χ2v) is 9.36. The van der Waals surface area contributed by atoms with Gasteiger partial charge in [-0.15, -0.1) is 0 Å². The number of carboxylic acids is 1. The number of amides is 1. The van der Waals surface area contributed by atoms with E-state index in [1.807, 2.05) is 48.5 Å². The van der Waals surface area contributed by atoms with E-state index in [-0.39, 0.29) is 24.7 Å². The van der Waals surface area contributed by atoms with Gasteiger partial charge in [-0.05, 0) is 28.7 Å². The summed E-state index contributed by atoms with van der Waals surface area (Å²) in [5, 5.41) is 11.7. The molecule has 2 N–H and O–H groups in total. The van der Waals surface area contributed by atoms with Gasteiger partial charge in [-0.1, -0.05) is 48.5 Å². The summed E-state index contributed by atoms with van der Waals surface area (Å²) in [6, 6.07) is 15.7. The number of benzene rings is 2. The molecule has 2 aromatic carbocycles. The molecule has 1 aliphatic carbocycles. The van der Waals surface area contributed by atoms with Crippen LogP contribution in [0.4, 0.5) is 4.79 Å². The zero-order chi connectivity index (χ0) is 19.9. The van der Waals surface area contributed by atoms with Gasteiger partial charge < -0.3 is 15.2 Å². The lowest BCUT2D eigenvalue weighted by molar-refractivity contribution is -0.143. The van der Waals surface area contributed by atoms with Gasteiger partial charge in [0.05, 0.1) is 11.5 Å². The van der Waals surface area contributed by atoms with Crippen LogP contribution >= 0.6 is 0 Å². The molecule has 1 fully saturated rings. The summed E-state index contributed by atoms with van der Waals surface area (Å²) in [4.78, 5) is 23.9. The zero-order valence-corrected chi connectivity index (χ0v) is 15.7. The average molecular weight is 401 g/mol. The molecule has 1 aliphatic heterocycles. The van der Waals surface area contributed by atoms with Crippen molar-refractivity contribution in [2.45, 2.75) is 17.9 Å². The van der Waals surface area contributed by atoms with Crippen molar-refractivity contribution in [1.29, 1.82) is 0 Å². The van der Waals surface area contributed by atoms with Crippen LogP contribution in [0.3, 0.4) is 0 Å². The molecule has 1 amide bonds. The molecule has 0 spiro atoms. The number of fused-ring (bicyclic) bond motifs is 3. The molecule has 0 saturated carbocycles. The summed E-state index contributed by atoms with van der Waals surface area (Å²) in [5.41, 5.74) is 2.40. The molecule has 7 nitrogen and oxygen atoms in total. The van der Waals surface area contributed by atoms with Crippen molar-refractivity contribution in [3.05, 3.63) is 59.7 Å². The predicted molar refractivity (Wildman–Crippen MR) is 102 cm³/mol. The maximum absolute atomic E-state index is 12.3. The molecule has 1 heterocycles. The van der Waals surface area contributed by atoms with Crippen LogP contribution in [0.1, 0.15) is 23.5 Å². The molecular formula is C20H19NO6S. The first-order valence-corrected chi connectivity index (χ1v) is 10.7. The van der Waals surface area contributed by atoms with Gasteiger partial charge in [-0.25, -0.2) is 18.0 Å². The summed E-state index contributed by atoms with van der Waals surface area (Å²) in [5.74, 6) is -2.43. The minimum Gasteiger partial charge on any atom is -0.479 e. The largest absolute Gasteiger partial charge is 0.479 e. The van der Waals surface area contributed by atoms with Crippen molar-refractivity contribution in [1.82, 2.24) is 5.32 Å². The Kier molecular flexibility index (Phi) is 4.38. The lowest BCUT2D eigenvalue weighted by Crippen LogP contribution is -2.55. The van der Waals surface area contributed by atoms with Crippen molar-refractivity contribution in [3.63, 3.8) is 0 Å². The summed E-state index contributed by atoms with van der Waals surface area (Å²) in [6.07, 6.45) is -1.10. The lowest BCUT2D eigenvalue weighted by atomic mass is 9.98. The molecule has 2 aliphatic rings. The molecular weight excluding hydrogens is 382 g/mol. The molecule has 0 radical (unpaired) electrons. The van der Waals surface area contributed by atoms with E-state index in [1.165, 1.54) is 0 Å². The second kappa shape index (κ2) is 6.63. The van der Waals surface area contributed by atoms with Crippen molar-refractivity contribution in [2.75, 3.05) is 18.1 Å². The van der Waals surface area contributed by atoms with Crippen LogP contribution < -0.4 is 5.32 Å². The first-order valence-electron chi connectivity index (χ1n) is 8.88. The smallest absolute Gasteiger partial charge is 0.408 e. The van der Waals surface area contributed by atoms with E-state index < -0.39 is 33.2 Å². The van der Waals surface area contributed by atoms with Crippen LogP contribution in [0.25, 0.3) is 11.1 Å². The molecule has 8 heteroatoms. The van der Waals surface area contributed by atoms with Crippen LogP contribution in [-0.2, 0) is 19.4 Å². The maximum atomic E-state index is 12.3. The Morgan fingerprint density at radius 3 is 2.14 bits per heavy atom. The van der Waals surface area contributed by atoms with Crippen molar-refractivity contribution in [2.24, 2.45) is 0 Å². The molecule has 1 saturated heterocycles. The number of ether oxygens (including phenoxy) is 1. The lowest BCUT2D eigenvalue weighted by Gasteiger charge is -2.24. The van der Waals surface area contributed by atoms with Crippen molar-refractivity contribution < 1.29 is 27.9 Å². The number of hydrogen-bond acceptors (Lipinski definition) is 5. The monoisotopic (exact) mass is 401 g/mol. The number of alkyl carbamates (subject to hydrolysis) is 1. The highest BCUT2D eigenvalue weighted by atomic mass is 32.2. The number of sulfone groups is 1. The fourth-order valence-electron chi connectivity index (χ4n) is 4.00. The van der Waals surface area contributed by atoms with Gasteiger partial charge in [0.25, 0.3) is 0 Å². The molecule has 0 aromatic heterocycles. The summed E-state index contributed by atoms with van der Waals surface area (Å²) < 4.78 is 28.8. The third-order valence-corrected chi connectivity index (χ3v) is 7.16. The van der Waals surface area contributed by atoms with Crippen LogP contribution in [0, 0.1) is 0 Å². The number of carbonyl (C=O) groups is 2. The molecule has 1 atom stereocenters.